The zero-order chi connectivity index (χ0) is 35.3. The highest BCUT2D eigenvalue weighted by Gasteiger charge is 2.51. The Morgan fingerprint density at radius 1 is 0.680 bits per heavy atom. The van der Waals surface area contributed by atoms with E-state index in [1.165, 1.54) is 32.1 Å². The first kappa shape index (κ1) is 40.2. The number of likely N-dealkylation sites (tertiary alicyclic amines) is 1. The van der Waals surface area contributed by atoms with Crippen molar-refractivity contribution in [2.24, 2.45) is 29.1 Å². The molecule has 4 saturated carbocycles. The molecule has 50 heavy (non-hydrogen) atoms. The van der Waals surface area contributed by atoms with E-state index < -0.39 is 12.1 Å². The normalized spacial score (nSPS) is 25.2. The van der Waals surface area contributed by atoms with Gasteiger partial charge in [-0.1, -0.05) is 62.6 Å². The van der Waals surface area contributed by atoms with Gasteiger partial charge in [0.05, 0.1) is 18.9 Å². The number of ether oxygens (including phenoxy) is 4. The van der Waals surface area contributed by atoms with Crippen LogP contribution in [-0.4, -0.2) is 69.1 Å². The van der Waals surface area contributed by atoms with Gasteiger partial charge in [0.25, 0.3) is 0 Å². The van der Waals surface area contributed by atoms with Gasteiger partial charge in [0, 0.05) is 13.0 Å². The lowest BCUT2D eigenvalue weighted by molar-refractivity contribution is -0.155. The van der Waals surface area contributed by atoms with Gasteiger partial charge in [0.1, 0.15) is 19.8 Å². The number of allylic oxidation sites excluding steroid dienone is 6. The first-order valence-electron chi connectivity index (χ1n) is 20.2. The molecule has 1 atom stereocenters. The smallest absolute Gasteiger partial charge is 0.465 e. The molecule has 5 aliphatic rings. The minimum atomic E-state index is -0.731. The minimum absolute atomic E-state index is 0.0239. The van der Waals surface area contributed by atoms with Gasteiger partial charge in [-0.2, -0.15) is 0 Å². The molecule has 0 amide bonds. The second-order valence-corrected chi connectivity index (χ2v) is 15.7. The van der Waals surface area contributed by atoms with Crippen LogP contribution >= 0.6 is 0 Å². The Bertz CT molecular complexity index is 1060. The van der Waals surface area contributed by atoms with Crippen LogP contribution in [-0.2, 0) is 28.5 Å². The lowest BCUT2D eigenvalue weighted by atomic mass is 9.49. The van der Waals surface area contributed by atoms with E-state index in [0.717, 1.165) is 121 Å². The van der Waals surface area contributed by atoms with Crippen molar-refractivity contribution in [2.45, 2.75) is 135 Å². The number of carbonyl (C=O) groups is 3. The second-order valence-electron chi connectivity index (χ2n) is 15.7. The third-order valence-corrected chi connectivity index (χ3v) is 11.2. The van der Waals surface area contributed by atoms with Crippen LogP contribution in [0.5, 0.6) is 0 Å². The van der Waals surface area contributed by atoms with Crippen LogP contribution in [0.1, 0.15) is 135 Å². The highest BCUT2D eigenvalue weighted by atomic mass is 16.7. The maximum Gasteiger partial charge on any atom is 0.508 e. The van der Waals surface area contributed by atoms with Crippen LogP contribution in [0.25, 0.3) is 0 Å². The Hall–Kier alpha value is -2.61. The molecular weight excluding hydrogens is 630 g/mol. The summed E-state index contributed by atoms with van der Waals surface area (Å²) in [5.41, 5.74) is 0.100. The van der Waals surface area contributed by atoms with Crippen molar-refractivity contribution >= 4 is 18.1 Å². The molecule has 0 spiro atoms. The molecule has 5 rings (SSSR count). The Balaban J connectivity index is 1.09. The number of rotatable bonds is 25. The van der Waals surface area contributed by atoms with Crippen molar-refractivity contribution in [2.75, 3.05) is 46.1 Å². The largest absolute Gasteiger partial charge is 0.508 e. The summed E-state index contributed by atoms with van der Waals surface area (Å²) >= 11 is 0. The van der Waals surface area contributed by atoms with Gasteiger partial charge in [0.15, 0.2) is 0 Å². The van der Waals surface area contributed by atoms with E-state index in [0.29, 0.717) is 19.4 Å². The second kappa shape index (κ2) is 23.1. The summed E-state index contributed by atoms with van der Waals surface area (Å²) in [7, 11) is 0. The lowest BCUT2D eigenvalue weighted by Gasteiger charge is -2.56. The maximum atomic E-state index is 13.1. The minimum Gasteiger partial charge on any atom is -0.465 e. The van der Waals surface area contributed by atoms with Crippen molar-refractivity contribution in [1.29, 1.82) is 0 Å². The number of carbonyl (C=O) groups excluding carboxylic acids is 3. The first-order valence-corrected chi connectivity index (χ1v) is 20.2. The summed E-state index contributed by atoms with van der Waals surface area (Å²) in [6.45, 7) is 5.67. The van der Waals surface area contributed by atoms with Gasteiger partial charge >= 0.3 is 18.1 Å². The molecular formula is C42H67NO7. The topological polar surface area (TPSA) is 91.4 Å². The molecule has 1 heterocycles. The highest BCUT2D eigenvalue weighted by Crippen LogP contribution is 2.61. The number of nitrogens with zero attached hydrogens (tertiary/aromatic N) is 1. The van der Waals surface area contributed by atoms with E-state index in [4.69, 9.17) is 18.9 Å². The Morgan fingerprint density at radius 3 is 1.94 bits per heavy atom. The van der Waals surface area contributed by atoms with E-state index in [9.17, 15) is 14.4 Å². The van der Waals surface area contributed by atoms with Crippen LogP contribution < -0.4 is 0 Å². The molecule has 0 N–H and O–H groups in total. The van der Waals surface area contributed by atoms with Crippen molar-refractivity contribution in [3.05, 3.63) is 36.5 Å². The summed E-state index contributed by atoms with van der Waals surface area (Å²) in [5.74, 6) is 1.44. The SMILES string of the molecule is CC/C=C\C/C=C\C/C=C\CCCCCCCC(=O)OCC(COC(=O)CC12C[C@H]3C[C@H](C1)C[C@@H](C2)C3)COC(=O)OCCCN1CCCC1. The molecule has 8 nitrogen and oxygen atoms in total. The van der Waals surface area contributed by atoms with Gasteiger partial charge < -0.3 is 23.8 Å². The van der Waals surface area contributed by atoms with Crippen LogP contribution in [0.4, 0.5) is 4.79 Å². The summed E-state index contributed by atoms with van der Waals surface area (Å²) in [4.78, 5) is 40.4. The summed E-state index contributed by atoms with van der Waals surface area (Å²) in [6.07, 6.45) is 33.5. The van der Waals surface area contributed by atoms with Crippen LogP contribution in [0.2, 0.25) is 0 Å². The van der Waals surface area contributed by atoms with E-state index in [2.05, 4.69) is 48.3 Å². The number of hydrogen-bond donors (Lipinski definition) is 0. The van der Waals surface area contributed by atoms with Crippen LogP contribution in [0, 0.1) is 29.1 Å². The predicted octanol–water partition coefficient (Wildman–Crippen LogP) is 9.52. The maximum absolute atomic E-state index is 13.1. The molecule has 8 heteroatoms. The van der Waals surface area contributed by atoms with Gasteiger partial charge in [-0.25, -0.2) is 4.79 Å². The van der Waals surface area contributed by atoms with Gasteiger partial charge in [-0.3, -0.25) is 9.59 Å². The molecule has 1 saturated heterocycles. The quantitative estimate of drug-likeness (QED) is 0.0403. The molecule has 0 aromatic carbocycles. The Kier molecular flexibility index (Phi) is 18.5. The lowest BCUT2D eigenvalue weighted by Crippen LogP contribution is -2.47. The first-order chi connectivity index (χ1) is 24.4. The molecule has 0 radical (unpaired) electrons. The number of hydrogen-bond acceptors (Lipinski definition) is 8. The molecule has 4 bridgehead atoms. The number of esters is 2. The molecule has 1 aliphatic heterocycles. The van der Waals surface area contributed by atoms with Gasteiger partial charge in [-0.15, -0.1) is 0 Å². The molecule has 0 aromatic heterocycles. The van der Waals surface area contributed by atoms with Crippen molar-refractivity contribution in [3.63, 3.8) is 0 Å². The van der Waals surface area contributed by atoms with Crippen LogP contribution in [0.15, 0.2) is 36.5 Å². The third kappa shape index (κ3) is 15.7. The molecule has 5 fully saturated rings. The van der Waals surface area contributed by atoms with E-state index in [1.807, 2.05) is 0 Å². The summed E-state index contributed by atoms with van der Waals surface area (Å²) < 4.78 is 22.1. The summed E-state index contributed by atoms with van der Waals surface area (Å²) in [6, 6.07) is 0. The zero-order valence-electron chi connectivity index (χ0n) is 31.2. The fourth-order valence-electron chi connectivity index (χ4n) is 9.07. The van der Waals surface area contributed by atoms with Crippen molar-refractivity contribution in [3.8, 4) is 0 Å². The monoisotopic (exact) mass is 697 g/mol. The van der Waals surface area contributed by atoms with Crippen molar-refractivity contribution < 1.29 is 33.3 Å². The highest BCUT2D eigenvalue weighted by molar-refractivity contribution is 5.70. The van der Waals surface area contributed by atoms with E-state index in [-0.39, 0.29) is 37.2 Å². The Labute approximate surface area is 302 Å². The van der Waals surface area contributed by atoms with E-state index in [1.54, 1.807) is 0 Å². The van der Waals surface area contributed by atoms with Crippen LogP contribution in [0.3, 0.4) is 0 Å². The van der Waals surface area contributed by atoms with E-state index >= 15 is 0 Å². The molecule has 282 valence electrons. The van der Waals surface area contributed by atoms with Gasteiger partial charge in [-0.05, 0) is 133 Å². The average Bonchev–Trinajstić information content (AvgIpc) is 3.61. The zero-order valence-corrected chi connectivity index (χ0v) is 31.2. The fourth-order valence-corrected chi connectivity index (χ4v) is 9.07. The summed E-state index contributed by atoms with van der Waals surface area (Å²) in [5, 5.41) is 0. The average molecular weight is 698 g/mol. The predicted molar refractivity (Wildman–Crippen MR) is 197 cm³/mol. The standard InChI is InChI=1S/C42H67NO7/c1-2-3-4-5-6-7-8-9-10-11-12-13-14-15-16-20-39(44)48-32-38(34-50-41(46)47-24-19-23-43-21-17-18-22-43)33-49-40(45)31-42-28-35-25-36(29-42)27-37(26-35)30-42/h3-4,6-7,9-10,35-38H,2,5,8,11-34H2,1H3/b4-3-,7-6-,10-9-/t35-,36-,37-,38?,42?. The molecule has 0 aromatic rings. The van der Waals surface area contributed by atoms with Gasteiger partial charge in [0.2, 0.25) is 0 Å². The van der Waals surface area contributed by atoms with Crippen molar-refractivity contribution in [1.82, 2.24) is 4.90 Å². The number of unbranched alkanes of at least 4 members (excludes halogenated alkanes) is 5. The third-order valence-electron chi connectivity index (χ3n) is 11.2. The molecule has 4 aliphatic carbocycles. The Morgan fingerprint density at radius 2 is 1.26 bits per heavy atom. The fraction of sp³-hybridized carbons (Fsp3) is 0.786. The molecule has 1 unspecified atom stereocenters.